The Morgan fingerprint density at radius 2 is 1.85 bits per heavy atom. The van der Waals surface area contributed by atoms with Crippen molar-refractivity contribution in [2.75, 3.05) is 0 Å². The average Bonchev–Trinajstić information content (AvgIpc) is 2.03. The molecule has 1 unspecified atom stereocenters. The Morgan fingerprint density at radius 1 is 1.38 bits per heavy atom. The van der Waals surface area contributed by atoms with Crippen LogP contribution in [-0.4, -0.2) is 8.76 Å². The summed E-state index contributed by atoms with van der Waals surface area (Å²) in [5.74, 6) is -2.36. The lowest BCUT2D eigenvalue weighted by molar-refractivity contribution is 0.529. The summed E-state index contributed by atoms with van der Waals surface area (Å²) in [5.41, 5.74) is -0.783. The molecule has 0 fully saturated rings. The molecule has 3 nitrogen and oxygen atoms in total. The summed E-state index contributed by atoms with van der Waals surface area (Å²) in [5, 5.41) is 8.24. The first-order valence-corrected chi connectivity index (χ1v) is 4.12. The lowest BCUT2D eigenvalue weighted by atomic mass is 10.2. The van der Waals surface area contributed by atoms with Crippen LogP contribution in [0.2, 0.25) is 0 Å². The van der Waals surface area contributed by atoms with Gasteiger partial charge in [-0.3, -0.25) is 4.21 Å². The summed E-state index contributed by atoms with van der Waals surface area (Å²) in [6.45, 7) is 0. The molecule has 0 N–H and O–H groups in total. The Bertz CT molecular complexity index is 390. The van der Waals surface area contributed by atoms with Gasteiger partial charge < -0.3 is 4.55 Å². The van der Waals surface area contributed by atoms with Gasteiger partial charge in [0, 0.05) is 4.90 Å². The highest BCUT2D eigenvalue weighted by Crippen LogP contribution is 2.16. The summed E-state index contributed by atoms with van der Waals surface area (Å²) >= 11 is -2.70. The van der Waals surface area contributed by atoms with E-state index in [2.05, 4.69) is 0 Å². The number of hydrogen-bond acceptors (Lipinski definition) is 3. The molecule has 0 saturated heterocycles. The van der Waals surface area contributed by atoms with Gasteiger partial charge in [0.25, 0.3) is 0 Å². The van der Waals surface area contributed by atoms with Crippen LogP contribution >= 0.6 is 0 Å². The van der Waals surface area contributed by atoms with Gasteiger partial charge in [0.2, 0.25) is 0 Å². The fourth-order valence-electron chi connectivity index (χ4n) is 0.753. The van der Waals surface area contributed by atoms with Crippen LogP contribution in [0, 0.1) is 23.0 Å². The van der Waals surface area contributed by atoms with E-state index in [1.165, 1.54) is 6.07 Å². The molecule has 0 heterocycles. The normalized spacial score (nSPS) is 12.2. The van der Waals surface area contributed by atoms with E-state index in [-0.39, 0.29) is 0 Å². The molecular weight excluding hydrogens is 200 g/mol. The molecule has 0 saturated carbocycles. The predicted octanol–water partition coefficient (Wildman–Crippen LogP) is 1.07. The summed E-state index contributed by atoms with van der Waals surface area (Å²) in [7, 11) is 0. The van der Waals surface area contributed by atoms with Crippen LogP contribution in [0.1, 0.15) is 5.56 Å². The second kappa shape index (κ2) is 3.60. The maximum absolute atomic E-state index is 12.7. The first-order chi connectivity index (χ1) is 6.06. The summed E-state index contributed by atoms with van der Waals surface area (Å²) < 4.78 is 46.0. The molecule has 1 aromatic carbocycles. The van der Waals surface area contributed by atoms with Gasteiger partial charge in [-0.05, 0) is 23.2 Å². The Hall–Kier alpha value is -1.32. The lowest BCUT2D eigenvalue weighted by Crippen LogP contribution is -1.96. The molecule has 1 rings (SSSR count). The van der Waals surface area contributed by atoms with E-state index < -0.39 is 33.2 Å². The number of halogens is 2. The van der Waals surface area contributed by atoms with Crippen molar-refractivity contribution in [1.82, 2.24) is 0 Å². The van der Waals surface area contributed by atoms with Crippen molar-refractivity contribution in [3.8, 4) is 6.07 Å². The molecule has 6 heteroatoms. The molecule has 1 aromatic rings. The van der Waals surface area contributed by atoms with Crippen molar-refractivity contribution in [2.24, 2.45) is 0 Å². The van der Waals surface area contributed by atoms with Crippen LogP contribution < -0.4 is 0 Å². The minimum absolute atomic E-state index is 0.519. The van der Waals surface area contributed by atoms with Crippen molar-refractivity contribution in [1.29, 1.82) is 5.26 Å². The molecule has 0 aliphatic heterocycles. The van der Waals surface area contributed by atoms with Crippen LogP contribution in [0.4, 0.5) is 8.78 Å². The first-order valence-electron chi connectivity index (χ1n) is 3.04. The highest BCUT2D eigenvalue weighted by Gasteiger charge is 2.10. The molecule has 0 aromatic heterocycles. The number of nitrogens with zero attached hydrogens (tertiary/aromatic N) is 1. The van der Waals surface area contributed by atoms with Gasteiger partial charge in [-0.2, -0.15) is 5.26 Å². The molecular formula is C7H2F2NO2S-. The Morgan fingerprint density at radius 3 is 2.15 bits per heavy atom. The van der Waals surface area contributed by atoms with E-state index in [9.17, 15) is 17.5 Å². The van der Waals surface area contributed by atoms with Crippen molar-refractivity contribution in [2.45, 2.75) is 4.90 Å². The zero-order valence-electron chi connectivity index (χ0n) is 6.08. The van der Waals surface area contributed by atoms with Gasteiger partial charge in [0.05, 0.1) is 0 Å². The molecule has 0 amide bonds. The van der Waals surface area contributed by atoms with Crippen LogP contribution in [0.3, 0.4) is 0 Å². The molecule has 1 atom stereocenters. The third kappa shape index (κ3) is 1.88. The van der Waals surface area contributed by atoms with Crippen molar-refractivity contribution in [3.05, 3.63) is 29.3 Å². The molecule has 0 aliphatic carbocycles. The highest BCUT2D eigenvalue weighted by molar-refractivity contribution is 7.79. The Kier molecular flexibility index (Phi) is 2.70. The minimum atomic E-state index is -2.70. The second-order valence-electron chi connectivity index (χ2n) is 2.11. The number of benzene rings is 1. The van der Waals surface area contributed by atoms with Crippen LogP contribution in [0.15, 0.2) is 17.0 Å². The third-order valence-corrected chi connectivity index (χ3v) is 1.94. The number of hydrogen-bond donors (Lipinski definition) is 0. The summed E-state index contributed by atoms with van der Waals surface area (Å²) in [4.78, 5) is -0.519. The van der Waals surface area contributed by atoms with Crippen LogP contribution in [0.25, 0.3) is 0 Å². The standard InChI is InChI=1S/C7H3F2NO2S/c8-6-1-4(13(11)12)2-7(9)5(6)3-10/h1-2H,(H,11,12)/p-1. The third-order valence-electron chi connectivity index (χ3n) is 1.32. The maximum atomic E-state index is 12.7. The summed E-state index contributed by atoms with van der Waals surface area (Å²) in [6, 6.07) is 2.45. The molecule has 13 heavy (non-hydrogen) atoms. The highest BCUT2D eigenvalue weighted by atomic mass is 32.2. The average molecular weight is 202 g/mol. The monoisotopic (exact) mass is 202 g/mol. The molecule has 0 bridgehead atoms. The molecule has 68 valence electrons. The SMILES string of the molecule is N#Cc1c(F)cc(S(=O)[O-])cc1F. The largest absolute Gasteiger partial charge is 0.768 e. The van der Waals surface area contributed by atoms with E-state index >= 15 is 0 Å². The molecule has 0 spiro atoms. The number of rotatable bonds is 1. The van der Waals surface area contributed by atoms with E-state index in [0.29, 0.717) is 12.1 Å². The molecule has 0 radical (unpaired) electrons. The minimum Gasteiger partial charge on any atom is -0.768 e. The molecule has 0 aliphatic rings. The topological polar surface area (TPSA) is 63.9 Å². The first kappa shape index (κ1) is 9.77. The maximum Gasteiger partial charge on any atom is 0.145 e. The van der Waals surface area contributed by atoms with Gasteiger partial charge in [-0.15, -0.1) is 0 Å². The number of nitriles is 1. The van der Waals surface area contributed by atoms with Gasteiger partial charge in [0.1, 0.15) is 23.3 Å². The zero-order valence-corrected chi connectivity index (χ0v) is 6.90. The predicted molar refractivity (Wildman–Crippen MR) is 38.3 cm³/mol. The van der Waals surface area contributed by atoms with Gasteiger partial charge in [-0.1, -0.05) is 0 Å². The smallest absolute Gasteiger partial charge is 0.145 e. The van der Waals surface area contributed by atoms with E-state index in [0.717, 1.165) is 0 Å². The van der Waals surface area contributed by atoms with E-state index in [1.807, 2.05) is 0 Å². The summed E-state index contributed by atoms with van der Waals surface area (Å²) in [6.07, 6.45) is 0. The van der Waals surface area contributed by atoms with Gasteiger partial charge in [-0.25, -0.2) is 8.78 Å². The van der Waals surface area contributed by atoms with E-state index in [4.69, 9.17) is 5.26 Å². The van der Waals surface area contributed by atoms with Crippen LogP contribution in [0.5, 0.6) is 0 Å². The van der Waals surface area contributed by atoms with E-state index in [1.54, 1.807) is 0 Å². The van der Waals surface area contributed by atoms with Gasteiger partial charge >= 0.3 is 0 Å². The fourth-order valence-corrected chi connectivity index (χ4v) is 1.15. The quantitative estimate of drug-likeness (QED) is 0.640. The van der Waals surface area contributed by atoms with Crippen molar-refractivity contribution in [3.63, 3.8) is 0 Å². The van der Waals surface area contributed by atoms with Crippen molar-refractivity contribution < 1.29 is 17.5 Å². The lowest BCUT2D eigenvalue weighted by Gasteiger charge is -2.05. The second-order valence-corrected chi connectivity index (χ2v) is 3.05. The van der Waals surface area contributed by atoms with Gasteiger partial charge in [0.15, 0.2) is 0 Å². The van der Waals surface area contributed by atoms with Crippen molar-refractivity contribution >= 4 is 11.1 Å². The Balaban J connectivity index is 3.39. The zero-order chi connectivity index (χ0) is 10.0. The fraction of sp³-hybridized carbons (Fsp3) is 0. The Labute approximate surface area is 74.9 Å². The van der Waals surface area contributed by atoms with Crippen LogP contribution in [-0.2, 0) is 11.1 Å².